The van der Waals surface area contributed by atoms with Gasteiger partial charge >= 0.3 is 0 Å². The summed E-state index contributed by atoms with van der Waals surface area (Å²) in [5, 5.41) is 4.62. The fourth-order valence-electron chi connectivity index (χ4n) is 1.93. The first-order chi connectivity index (χ1) is 8.15. The molecule has 1 aliphatic rings. The summed E-state index contributed by atoms with van der Waals surface area (Å²) in [5.74, 6) is 0.685. The van der Waals surface area contributed by atoms with E-state index in [0.717, 1.165) is 21.4 Å². The first-order valence-electron chi connectivity index (χ1n) is 5.76. The van der Waals surface area contributed by atoms with Crippen LogP contribution in [0.4, 0.5) is 5.69 Å². The molecule has 0 atom stereocenters. The zero-order valence-electron chi connectivity index (χ0n) is 9.65. The van der Waals surface area contributed by atoms with E-state index in [1.165, 1.54) is 18.5 Å². The van der Waals surface area contributed by atoms with Gasteiger partial charge in [-0.3, -0.25) is 0 Å². The molecular weight excluding hydrogens is 278 g/mol. The Balaban J connectivity index is 2.04. The van der Waals surface area contributed by atoms with E-state index in [0.29, 0.717) is 5.92 Å². The number of hydrogen-bond donors (Lipinski definition) is 1. The van der Waals surface area contributed by atoms with Crippen molar-refractivity contribution in [1.82, 2.24) is 9.78 Å². The summed E-state index contributed by atoms with van der Waals surface area (Å²) in [4.78, 5) is 0. The van der Waals surface area contributed by atoms with Gasteiger partial charge in [-0.1, -0.05) is 0 Å². The number of anilines is 1. The van der Waals surface area contributed by atoms with E-state index >= 15 is 0 Å². The number of aromatic nitrogens is 2. The number of rotatable bonds is 2. The van der Waals surface area contributed by atoms with Crippen molar-refractivity contribution in [3.8, 4) is 5.69 Å². The molecule has 2 N–H and O–H groups in total. The third-order valence-electron chi connectivity index (χ3n) is 3.19. The monoisotopic (exact) mass is 291 g/mol. The topological polar surface area (TPSA) is 43.8 Å². The fraction of sp³-hybridized carbons (Fsp3) is 0.308. The van der Waals surface area contributed by atoms with Gasteiger partial charge in [0.2, 0.25) is 0 Å². The Morgan fingerprint density at radius 1 is 1.41 bits per heavy atom. The first kappa shape index (κ1) is 10.8. The van der Waals surface area contributed by atoms with Gasteiger partial charge in [0.25, 0.3) is 0 Å². The molecular formula is C13H14BrN3. The Kier molecular flexibility index (Phi) is 2.47. The summed E-state index contributed by atoms with van der Waals surface area (Å²) in [6.07, 6.45) is 4.57. The van der Waals surface area contributed by atoms with Crippen molar-refractivity contribution in [2.45, 2.75) is 25.7 Å². The van der Waals surface area contributed by atoms with Crippen molar-refractivity contribution in [2.75, 3.05) is 5.73 Å². The number of halogens is 1. The smallest absolute Gasteiger partial charge is 0.0791 e. The lowest BCUT2D eigenvalue weighted by Gasteiger charge is -2.08. The molecule has 3 rings (SSSR count). The molecule has 0 radical (unpaired) electrons. The maximum absolute atomic E-state index is 5.87. The van der Waals surface area contributed by atoms with Crippen molar-refractivity contribution in [3.63, 3.8) is 0 Å². The van der Waals surface area contributed by atoms with Crippen LogP contribution in [0.3, 0.4) is 0 Å². The van der Waals surface area contributed by atoms with Gasteiger partial charge in [0.05, 0.1) is 11.4 Å². The van der Waals surface area contributed by atoms with Crippen LogP contribution < -0.4 is 5.73 Å². The highest BCUT2D eigenvalue weighted by Gasteiger charge is 2.26. The molecule has 17 heavy (non-hydrogen) atoms. The van der Waals surface area contributed by atoms with Gasteiger partial charge < -0.3 is 5.73 Å². The maximum atomic E-state index is 5.87. The molecule has 1 fully saturated rings. The van der Waals surface area contributed by atoms with Crippen molar-refractivity contribution < 1.29 is 0 Å². The number of nitrogens with two attached hydrogens (primary N) is 1. The van der Waals surface area contributed by atoms with Gasteiger partial charge in [0, 0.05) is 22.3 Å². The molecule has 3 nitrogen and oxygen atoms in total. The lowest BCUT2D eigenvalue weighted by molar-refractivity contribution is 0.833. The first-order valence-corrected chi connectivity index (χ1v) is 6.56. The number of benzene rings is 1. The second-order valence-corrected chi connectivity index (χ2v) is 5.47. The van der Waals surface area contributed by atoms with Crippen molar-refractivity contribution >= 4 is 21.6 Å². The van der Waals surface area contributed by atoms with Crippen molar-refractivity contribution in [2.24, 2.45) is 0 Å². The van der Waals surface area contributed by atoms with Crippen LogP contribution in [-0.2, 0) is 0 Å². The molecule has 0 amide bonds. The molecule has 1 aromatic heterocycles. The van der Waals surface area contributed by atoms with Crippen LogP contribution in [-0.4, -0.2) is 9.78 Å². The summed E-state index contributed by atoms with van der Waals surface area (Å²) in [6.45, 7) is 2.01. The zero-order valence-corrected chi connectivity index (χ0v) is 11.2. The molecule has 0 aliphatic heterocycles. The molecule has 1 aromatic carbocycles. The largest absolute Gasteiger partial charge is 0.398 e. The van der Waals surface area contributed by atoms with Crippen LogP contribution >= 0.6 is 15.9 Å². The van der Waals surface area contributed by atoms with E-state index in [2.05, 4.69) is 33.2 Å². The van der Waals surface area contributed by atoms with Crippen molar-refractivity contribution in [1.29, 1.82) is 0 Å². The van der Waals surface area contributed by atoms with Gasteiger partial charge in [0.15, 0.2) is 0 Å². The number of hydrogen-bond acceptors (Lipinski definition) is 2. The number of nitrogen functional groups attached to an aromatic ring is 1. The van der Waals surface area contributed by atoms with E-state index < -0.39 is 0 Å². The molecule has 0 bridgehead atoms. The Labute approximate surface area is 109 Å². The van der Waals surface area contributed by atoms with Gasteiger partial charge in [-0.15, -0.1) is 0 Å². The van der Waals surface area contributed by atoms with Crippen LogP contribution in [0.5, 0.6) is 0 Å². The summed E-state index contributed by atoms with van der Waals surface area (Å²) in [5.41, 5.74) is 9.99. The average Bonchev–Trinajstić information content (AvgIpc) is 3.03. The second kappa shape index (κ2) is 3.88. The number of nitrogens with zero attached hydrogens (tertiary/aromatic N) is 2. The van der Waals surface area contributed by atoms with Gasteiger partial charge in [-0.25, -0.2) is 4.68 Å². The van der Waals surface area contributed by atoms with Gasteiger partial charge in [-0.2, -0.15) is 5.10 Å². The lowest BCUT2D eigenvalue weighted by Crippen LogP contribution is -2.00. The number of aryl methyl sites for hydroxylation is 1. The standard InChI is InChI=1S/C13H14BrN3/c1-8-6-13(10(14)7-11(8)15)17-5-4-12(16-17)9-2-3-9/h4-7,9H,2-3,15H2,1H3. The maximum Gasteiger partial charge on any atom is 0.0791 e. The van der Waals surface area contributed by atoms with Gasteiger partial charge in [0.1, 0.15) is 0 Å². The molecule has 4 heteroatoms. The second-order valence-electron chi connectivity index (χ2n) is 4.62. The van der Waals surface area contributed by atoms with E-state index in [9.17, 15) is 0 Å². The average molecular weight is 292 g/mol. The summed E-state index contributed by atoms with van der Waals surface area (Å²) in [7, 11) is 0. The van der Waals surface area contributed by atoms with Crippen LogP contribution in [0.1, 0.15) is 30.0 Å². The van der Waals surface area contributed by atoms with E-state index in [4.69, 9.17) is 5.73 Å². The molecule has 2 aromatic rings. The normalized spacial score (nSPS) is 15.2. The predicted octanol–water partition coefficient (Wildman–Crippen LogP) is 3.40. The van der Waals surface area contributed by atoms with Gasteiger partial charge in [-0.05, 0) is 59.5 Å². The Bertz CT molecular complexity index is 570. The quantitative estimate of drug-likeness (QED) is 0.862. The molecule has 88 valence electrons. The fourth-order valence-corrected chi connectivity index (χ4v) is 2.47. The summed E-state index contributed by atoms with van der Waals surface area (Å²) in [6, 6.07) is 6.10. The Hall–Kier alpha value is -1.29. The van der Waals surface area contributed by atoms with E-state index in [-0.39, 0.29) is 0 Å². The molecule has 1 heterocycles. The van der Waals surface area contributed by atoms with E-state index in [1.54, 1.807) is 0 Å². The minimum atomic E-state index is 0.685. The minimum absolute atomic E-state index is 0.685. The van der Waals surface area contributed by atoms with Crippen LogP contribution in [0.2, 0.25) is 0 Å². The molecule has 0 unspecified atom stereocenters. The van der Waals surface area contributed by atoms with Crippen LogP contribution in [0, 0.1) is 6.92 Å². The zero-order chi connectivity index (χ0) is 12.0. The molecule has 0 spiro atoms. The summed E-state index contributed by atoms with van der Waals surface area (Å²) >= 11 is 3.54. The highest BCUT2D eigenvalue weighted by molar-refractivity contribution is 9.10. The predicted molar refractivity (Wildman–Crippen MR) is 72.4 cm³/mol. The van der Waals surface area contributed by atoms with Crippen LogP contribution in [0.15, 0.2) is 28.9 Å². The Morgan fingerprint density at radius 2 is 2.18 bits per heavy atom. The van der Waals surface area contributed by atoms with Crippen LogP contribution in [0.25, 0.3) is 5.69 Å². The highest BCUT2D eigenvalue weighted by Crippen LogP contribution is 2.39. The molecule has 0 saturated heterocycles. The minimum Gasteiger partial charge on any atom is -0.398 e. The third kappa shape index (κ3) is 1.97. The highest BCUT2D eigenvalue weighted by atomic mass is 79.9. The lowest BCUT2D eigenvalue weighted by atomic mass is 10.2. The van der Waals surface area contributed by atoms with Crippen molar-refractivity contribution in [3.05, 3.63) is 40.1 Å². The molecule has 1 saturated carbocycles. The summed E-state index contributed by atoms with van der Waals surface area (Å²) < 4.78 is 2.90. The van der Waals surface area contributed by atoms with E-state index in [1.807, 2.05) is 23.9 Å². The Morgan fingerprint density at radius 3 is 2.88 bits per heavy atom. The molecule has 1 aliphatic carbocycles. The SMILES string of the molecule is Cc1cc(-n2ccc(C3CC3)n2)c(Br)cc1N. The third-order valence-corrected chi connectivity index (χ3v) is 3.82.